The molecule has 1 aliphatic rings. The van der Waals surface area contributed by atoms with Gasteiger partial charge in [0.05, 0.1) is 11.0 Å². The quantitative estimate of drug-likeness (QED) is 0.731. The third-order valence-corrected chi connectivity index (χ3v) is 2.72. The maximum Gasteiger partial charge on any atom is 0.152 e. The van der Waals surface area contributed by atoms with Crippen molar-refractivity contribution in [1.29, 1.82) is 0 Å². The van der Waals surface area contributed by atoms with Crippen molar-refractivity contribution in [3.8, 4) is 0 Å². The molecule has 14 heavy (non-hydrogen) atoms. The molecule has 1 N–H and O–H groups in total. The van der Waals surface area contributed by atoms with E-state index in [9.17, 15) is 4.79 Å². The lowest BCUT2D eigenvalue weighted by Gasteiger charge is -1.92. The summed E-state index contributed by atoms with van der Waals surface area (Å²) in [5.74, 6) is 0.670. The summed E-state index contributed by atoms with van der Waals surface area (Å²) in [6, 6.07) is 3.79. The topological polar surface area (TPSA) is 45.8 Å². The summed E-state index contributed by atoms with van der Waals surface area (Å²) in [7, 11) is 0. The predicted molar refractivity (Wildman–Crippen MR) is 53.5 cm³/mol. The van der Waals surface area contributed by atoms with Crippen molar-refractivity contribution in [3.05, 3.63) is 29.6 Å². The summed E-state index contributed by atoms with van der Waals surface area (Å²) in [6.45, 7) is 0. The number of hydrogen-bond donors (Lipinski definition) is 1. The molecule has 1 fully saturated rings. The summed E-state index contributed by atoms with van der Waals surface area (Å²) >= 11 is 0. The van der Waals surface area contributed by atoms with Gasteiger partial charge in [-0.3, -0.25) is 9.78 Å². The molecule has 3 heteroatoms. The first-order chi connectivity index (χ1) is 6.88. The number of H-pyrrole nitrogens is 1. The Bertz CT molecular complexity index is 497. The molecule has 2 aromatic heterocycles. The van der Waals surface area contributed by atoms with Crippen LogP contribution in [0, 0.1) is 0 Å². The fourth-order valence-corrected chi connectivity index (χ4v) is 1.78. The van der Waals surface area contributed by atoms with E-state index in [4.69, 9.17) is 0 Å². The standard InChI is InChI=1S/C11H10N2O/c14-6-8-3-4-12-10-5-9(7-1-2-7)13-11(8)10/h3-7,13H,1-2H2. The number of hydrogen-bond acceptors (Lipinski definition) is 2. The van der Waals surface area contributed by atoms with Crippen LogP contribution in [0.1, 0.15) is 34.8 Å². The highest BCUT2D eigenvalue weighted by Gasteiger charge is 2.25. The first kappa shape index (κ1) is 7.74. The minimum absolute atomic E-state index is 0.670. The highest BCUT2D eigenvalue weighted by atomic mass is 16.1. The maximum absolute atomic E-state index is 10.8. The molecule has 1 saturated carbocycles. The molecule has 0 radical (unpaired) electrons. The van der Waals surface area contributed by atoms with Gasteiger partial charge in [0, 0.05) is 17.5 Å². The number of fused-ring (bicyclic) bond motifs is 1. The highest BCUT2D eigenvalue weighted by Crippen LogP contribution is 2.40. The second-order valence-corrected chi connectivity index (χ2v) is 3.78. The lowest BCUT2D eigenvalue weighted by atomic mass is 10.2. The molecule has 0 atom stereocenters. The molecule has 0 amide bonds. The third-order valence-electron chi connectivity index (χ3n) is 2.72. The first-order valence-corrected chi connectivity index (χ1v) is 4.81. The largest absolute Gasteiger partial charge is 0.356 e. The maximum atomic E-state index is 10.8. The minimum atomic E-state index is 0.670. The van der Waals surface area contributed by atoms with Crippen LogP contribution in [0.3, 0.4) is 0 Å². The normalized spacial score (nSPS) is 16.0. The number of carbonyl (C=O) groups is 1. The Labute approximate surface area is 81.2 Å². The molecule has 0 bridgehead atoms. The summed E-state index contributed by atoms with van der Waals surface area (Å²) in [5, 5.41) is 0. The Morgan fingerprint density at radius 3 is 3.07 bits per heavy atom. The van der Waals surface area contributed by atoms with Gasteiger partial charge in [-0.1, -0.05) is 0 Å². The van der Waals surface area contributed by atoms with Crippen molar-refractivity contribution in [2.24, 2.45) is 0 Å². The van der Waals surface area contributed by atoms with Crippen LogP contribution < -0.4 is 0 Å². The number of nitrogens with zero attached hydrogens (tertiary/aromatic N) is 1. The zero-order valence-electron chi connectivity index (χ0n) is 7.66. The number of nitrogens with one attached hydrogen (secondary N) is 1. The van der Waals surface area contributed by atoms with Crippen molar-refractivity contribution < 1.29 is 4.79 Å². The number of carbonyl (C=O) groups excluding carboxylic acids is 1. The molecule has 2 heterocycles. The van der Waals surface area contributed by atoms with Crippen LogP contribution in [0.4, 0.5) is 0 Å². The first-order valence-electron chi connectivity index (χ1n) is 4.81. The van der Waals surface area contributed by atoms with E-state index in [1.807, 2.05) is 0 Å². The molecule has 3 rings (SSSR count). The van der Waals surface area contributed by atoms with Gasteiger partial charge in [0.1, 0.15) is 0 Å². The van der Waals surface area contributed by atoms with E-state index >= 15 is 0 Å². The van der Waals surface area contributed by atoms with Gasteiger partial charge in [-0.05, 0) is 30.9 Å². The SMILES string of the molecule is O=Cc1ccnc2cc(C3CC3)[nH]c12. The van der Waals surface area contributed by atoms with Gasteiger partial charge in [0.25, 0.3) is 0 Å². The highest BCUT2D eigenvalue weighted by molar-refractivity contribution is 5.94. The lowest BCUT2D eigenvalue weighted by Crippen LogP contribution is -1.84. The smallest absolute Gasteiger partial charge is 0.152 e. The summed E-state index contributed by atoms with van der Waals surface area (Å²) in [5.41, 5.74) is 3.70. The van der Waals surface area contributed by atoms with Crippen LogP contribution in [0.5, 0.6) is 0 Å². The summed E-state index contributed by atoms with van der Waals surface area (Å²) in [4.78, 5) is 18.3. The predicted octanol–water partition coefficient (Wildman–Crippen LogP) is 2.25. The van der Waals surface area contributed by atoms with Gasteiger partial charge in [0.15, 0.2) is 6.29 Å². The van der Waals surface area contributed by atoms with E-state index in [2.05, 4.69) is 16.0 Å². The fraction of sp³-hybridized carbons (Fsp3) is 0.273. The Balaban J connectivity index is 2.25. The van der Waals surface area contributed by atoms with Gasteiger partial charge in [-0.25, -0.2) is 0 Å². The Kier molecular flexibility index (Phi) is 1.48. The molecule has 0 spiro atoms. The number of aldehydes is 1. The van der Waals surface area contributed by atoms with Crippen molar-refractivity contribution in [3.63, 3.8) is 0 Å². The molecule has 1 aliphatic carbocycles. The van der Waals surface area contributed by atoms with E-state index in [0.717, 1.165) is 17.3 Å². The summed E-state index contributed by atoms with van der Waals surface area (Å²) < 4.78 is 0. The van der Waals surface area contributed by atoms with Crippen LogP contribution in [0.25, 0.3) is 11.0 Å². The Morgan fingerprint density at radius 1 is 1.50 bits per heavy atom. The van der Waals surface area contributed by atoms with E-state index in [1.165, 1.54) is 18.5 Å². The molecule has 0 aliphatic heterocycles. The van der Waals surface area contributed by atoms with E-state index in [-0.39, 0.29) is 0 Å². The van der Waals surface area contributed by atoms with Crippen molar-refractivity contribution in [2.75, 3.05) is 0 Å². The number of rotatable bonds is 2. The second-order valence-electron chi connectivity index (χ2n) is 3.78. The van der Waals surface area contributed by atoms with Gasteiger partial charge in [0.2, 0.25) is 0 Å². The van der Waals surface area contributed by atoms with Crippen LogP contribution in [0.15, 0.2) is 18.3 Å². The fourth-order valence-electron chi connectivity index (χ4n) is 1.78. The molecule has 70 valence electrons. The van der Waals surface area contributed by atoms with Crippen LogP contribution in [0.2, 0.25) is 0 Å². The Morgan fingerprint density at radius 2 is 2.36 bits per heavy atom. The molecular formula is C11H10N2O. The van der Waals surface area contributed by atoms with Crippen molar-refractivity contribution in [2.45, 2.75) is 18.8 Å². The molecule has 0 unspecified atom stereocenters. The van der Waals surface area contributed by atoms with Gasteiger partial charge in [-0.15, -0.1) is 0 Å². The van der Waals surface area contributed by atoms with Crippen LogP contribution >= 0.6 is 0 Å². The van der Waals surface area contributed by atoms with Crippen molar-refractivity contribution >= 4 is 17.3 Å². The lowest BCUT2D eigenvalue weighted by molar-refractivity contribution is 0.112. The average Bonchev–Trinajstić information content (AvgIpc) is 2.97. The average molecular weight is 186 g/mol. The van der Waals surface area contributed by atoms with E-state index < -0.39 is 0 Å². The third kappa shape index (κ3) is 1.05. The molecular weight excluding hydrogens is 176 g/mol. The van der Waals surface area contributed by atoms with Crippen LogP contribution in [-0.4, -0.2) is 16.3 Å². The Hall–Kier alpha value is -1.64. The zero-order valence-corrected chi connectivity index (χ0v) is 7.66. The number of aromatic nitrogens is 2. The van der Waals surface area contributed by atoms with E-state index in [0.29, 0.717) is 11.5 Å². The van der Waals surface area contributed by atoms with Crippen LogP contribution in [-0.2, 0) is 0 Å². The zero-order chi connectivity index (χ0) is 9.54. The number of aromatic amines is 1. The summed E-state index contributed by atoms with van der Waals surface area (Å²) in [6.07, 6.45) is 5.06. The number of pyridine rings is 1. The van der Waals surface area contributed by atoms with E-state index in [1.54, 1.807) is 12.3 Å². The van der Waals surface area contributed by atoms with Gasteiger partial charge >= 0.3 is 0 Å². The second kappa shape index (κ2) is 2.67. The molecule has 0 saturated heterocycles. The van der Waals surface area contributed by atoms with Crippen molar-refractivity contribution in [1.82, 2.24) is 9.97 Å². The monoisotopic (exact) mass is 186 g/mol. The van der Waals surface area contributed by atoms with Gasteiger partial charge in [-0.2, -0.15) is 0 Å². The van der Waals surface area contributed by atoms with Gasteiger partial charge < -0.3 is 4.98 Å². The minimum Gasteiger partial charge on any atom is -0.356 e. The molecule has 0 aromatic carbocycles. The molecule has 3 nitrogen and oxygen atoms in total. The molecule has 2 aromatic rings.